The lowest BCUT2D eigenvalue weighted by molar-refractivity contribution is -0.117. The van der Waals surface area contributed by atoms with Crippen molar-refractivity contribution in [3.8, 4) is 11.4 Å². The van der Waals surface area contributed by atoms with Crippen molar-refractivity contribution < 1.29 is 9.18 Å². The average Bonchev–Trinajstić information content (AvgIpc) is 2.92. The van der Waals surface area contributed by atoms with Gasteiger partial charge in [0.25, 0.3) is 0 Å². The van der Waals surface area contributed by atoms with Crippen molar-refractivity contribution in [2.24, 2.45) is 18.7 Å². The number of fused-ring (bicyclic) bond motifs is 1. The third-order valence-corrected chi connectivity index (χ3v) is 4.65. The highest BCUT2D eigenvalue weighted by Gasteiger charge is 2.17. The lowest BCUT2D eigenvalue weighted by atomic mass is 10.0. The minimum absolute atomic E-state index is 0. The van der Waals surface area contributed by atoms with E-state index in [0.29, 0.717) is 17.9 Å². The van der Waals surface area contributed by atoms with Crippen LogP contribution in [0.3, 0.4) is 0 Å². The molecule has 0 spiro atoms. The average molecular weight is 441 g/mol. The smallest absolute Gasteiger partial charge is 0.241 e. The number of aryl methyl sites for hydroxylation is 2. The molecule has 0 unspecified atom stereocenters. The van der Waals surface area contributed by atoms with E-state index in [0.717, 1.165) is 28.2 Å². The number of nitrogens with two attached hydrogens (primary N) is 1. The highest BCUT2D eigenvalue weighted by Crippen LogP contribution is 2.27. The Hall–Kier alpha value is -2.15. The van der Waals surface area contributed by atoms with Gasteiger partial charge in [0.2, 0.25) is 5.91 Å². The summed E-state index contributed by atoms with van der Waals surface area (Å²) in [5.74, 6) is 0.613. The topological polar surface area (TPSA) is 72.9 Å². The van der Waals surface area contributed by atoms with Crippen LogP contribution in [0.25, 0.3) is 22.4 Å². The van der Waals surface area contributed by atoms with Crippen LogP contribution >= 0.6 is 24.8 Å². The van der Waals surface area contributed by atoms with Crippen LogP contribution < -0.4 is 11.1 Å². The first-order valence-electron chi connectivity index (χ1n) is 9.05. The monoisotopic (exact) mass is 440 g/mol. The van der Waals surface area contributed by atoms with Gasteiger partial charge in [-0.3, -0.25) is 4.79 Å². The van der Waals surface area contributed by atoms with Crippen molar-refractivity contribution in [1.82, 2.24) is 9.55 Å². The van der Waals surface area contributed by atoms with Gasteiger partial charge in [-0.2, -0.15) is 0 Å². The minimum Gasteiger partial charge on any atom is -0.327 e. The van der Waals surface area contributed by atoms with E-state index in [9.17, 15) is 9.18 Å². The summed E-state index contributed by atoms with van der Waals surface area (Å²) in [6.07, 6.45) is 0.638. The first kappa shape index (κ1) is 24.9. The zero-order valence-corrected chi connectivity index (χ0v) is 18.5. The maximum Gasteiger partial charge on any atom is 0.241 e. The normalized spacial score (nSPS) is 11.7. The van der Waals surface area contributed by atoms with E-state index >= 15 is 0 Å². The summed E-state index contributed by atoms with van der Waals surface area (Å²) >= 11 is 0. The van der Waals surface area contributed by atoms with Crippen LogP contribution in [0, 0.1) is 18.7 Å². The van der Waals surface area contributed by atoms with E-state index in [1.54, 1.807) is 6.07 Å². The Balaban J connectivity index is 0.00000210. The van der Waals surface area contributed by atoms with Gasteiger partial charge in [-0.25, -0.2) is 9.37 Å². The first-order valence-corrected chi connectivity index (χ1v) is 9.05. The van der Waals surface area contributed by atoms with Crippen LogP contribution in [0.5, 0.6) is 0 Å². The molecule has 5 nitrogen and oxygen atoms in total. The molecule has 0 radical (unpaired) electrons. The van der Waals surface area contributed by atoms with Crippen molar-refractivity contribution >= 4 is 47.4 Å². The molecule has 3 rings (SSSR count). The number of imidazole rings is 1. The molecule has 0 aliphatic rings. The standard InChI is InChI=1S/C21H25FN4O.2ClH/c1-12(2)9-16(23)21(27)25-17-7-5-14(10-13(17)3)20-24-18-11-15(22)6-8-19(18)26(20)4;;/h5-8,10-12,16H,9,23H2,1-4H3,(H,25,27);2*1H/t16-;;/m0../s1. The number of anilines is 1. The summed E-state index contributed by atoms with van der Waals surface area (Å²) in [7, 11) is 1.90. The van der Waals surface area contributed by atoms with Crippen molar-refractivity contribution in [2.45, 2.75) is 33.2 Å². The van der Waals surface area contributed by atoms with Gasteiger partial charge in [0.1, 0.15) is 11.6 Å². The second-order valence-electron chi connectivity index (χ2n) is 7.38. The SMILES string of the molecule is Cc1cc(-c2nc3cc(F)ccc3n2C)ccc1NC(=O)[C@@H](N)CC(C)C.Cl.Cl. The number of hydrogen-bond acceptors (Lipinski definition) is 3. The van der Waals surface area contributed by atoms with E-state index in [4.69, 9.17) is 5.73 Å². The van der Waals surface area contributed by atoms with Gasteiger partial charge in [0.05, 0.1) is 17.1 Å². The van der Waals surface area contributed by atoms with Crippen LogP contribution in [0.1, 0.15) is 25.8 Å². The van der Waals surface area contributed by atoms with Gasteiger partial charge in [-0.1, -0.05) is 13.8 Å². The number of carbonyl (C=O) groups excluding carboxylic acids is 1. The summed E-state index contributed by atoms with van der Waals surface area (Å²) in [4.78, 5) is 16.8. The predicted octanol–water partition coefficient (Wildman–Crippen LogP) is 4.84. The zero-order valence-electron chi connectivity index (χ0n) is 16.9. The molecule has 0 aliphatic heterocycles. The summed E-state index contributed by atoms with van der Waals surface area (Å²) in [6, 6.07) is 9.76. The number of nitrogens with zero attached hydrogens (tertiary/aromatic N) is 2. The fourth-order valence-corrected chi connectivity index (χ4v) is 3.21. The number of aromatic nitrogens is 2. The first-order chi connectivity index (χ1) is 12.8. The molecule has 0 bridgehead atoms. The molecule has 0 fully saturated rings. The summed E-state index contributed by atoms with van der Waals surface area (Å²) in [5, 5.41) is 2.90. The fraction of sp³-hybridized carbons (Fsp3) is 0.333. The molecule has 1 aromatic heterocycles. The van der Waals surface area contributed by atoms with Gasteiger partial charge in [-0.15, -0.1) is 24.8 Å². The van der Waals surface area contributed by atoms with Crippen molar-refractivity contribution in [1.29, 1.82) is 0 Å². The number of nitrogens with one attached hydrogen (secondary N) is 1. The Morgan fingerprint density at radius 1 is 1.21 bits per heavy atom. The minimum atomic E-state index is -0.529. The Bertz CT molecular complexity index is 1000. The van der Waals surface area contributed by atoms with Gasteiger partial charge < -0.3 is 15.6 Å². The van der Waals surface area contributed by atoms with E-state index in [-0.39, 0.29) is 36.5 Å². The van der Waals surface area contributed by atoms with Gasteiger partial charge in [-0.05, 0) is 55.2 Å². The second-order valence-corrected chi connectivity index (χ2v) is 7.38. The molecule has 1 amide bonds. The van der Waals surface area contributed by atoms with Gasteiger partial charge in [0, 0.05) is 24.4 Å². The second kappa shape index (κ2) is 10.1. The number of hydrogen-bond donors (Lipinski definition) is 2. The number of rotatable bonds is 5. The van der Waals surface area contributed by atoms with E-state index in [1.807, 2.05) is 50.6 Å². The number of halogens is 3. The summed E-state index contributed by atoms with van der Waals surface area (Å²) in [6.45, 7) is 6.00. The van der Waals surface area contributed by atoms with Gasteiger partial charge >= 0.3 is 0 Å². The molecule has 0 saturated carbocycles. The van der Waals surface area contributed by atoms with E-state index in [2.05, 4.69) is 10.3 Å². The molecule has 0 saturated heterocycles. The van der Waals surface area contributed by atoms with Crippen LogP contribution in [0.15, 0.2) is 36.4 Å². The highest BCUT2D eigenvalue weighted by molar-refractivity contribution is 5.95. The summed E-state index contributed by atoms with van der Waals surface area (Å²) in [5.41, 5.74) is 9.97. The largest absolute Gasteiger partial charge is 0.327 e. The van der Waals surface area contributed by atoms with Crippen LogP contribution in [-0.4, -0.2) is 21.5 Å². The van der Waals surface area contributed by atoms with E-state index < -0.39 is 6.04 Å². The Morgan fingerprint density at radius 3 is 2.52 bits per heavy atom. The third kappa shape index (κ3) is 5.47. The molecule has 3 N–H and O–H groups in total. The van der Waals surface area contributed by atoms with Crippen molar-refractivity contribution in [2.75, 3.05) is 5.32 Å². The van der Waals surface area contributed by atoms with Crippen molar-refractivity contribution in [3.05, 3.63) is 47.8 Å². The molecule has 0 aliphatic carbocycles. The highest BCUT2D eigenvalue weighted by atomic mass is 35.5. The molecule has 29 heavy (non-hydrogen) atoms. The van der Waals surface area contributed by atoms with Crippen LogP contribution in [0.4, 0.5) is 10.1 Å². The molecule has 1 heterocycles. The van der Waals surface area contributed by atoms with Crippen LogP contribution in [-0.2, 0) is 11.8 Å². The molecular weight excluding hydrogens is 414 g/mol. The third-order valence-electron chi connectivity index (χ3n) is 4.65. The number of amides is 1. The summed E-state index contributed by atoms with van der Waals surface area (Å²) < 4.78 is 15.4. The molecule has 8 heteroatoms. The molecule has 1 atom stereocenters. The number of benzene rings is 2. The molecule has 158 valence electrons. The van der Waals surface area contributed by atoms with Gasteiger partial charge in [0.15, 0.2) is 0 Å². The number of carbonyl (C=O) groups is 1. The van der Waals surface area contributed by atoms with Crippen LogP contribution in [0.2, 0.25) is 0 Å². The fourth-order valence-electron chi connectivity index (χ4n) is 3.21. The van der Waals surface area contributed by atoms with Crippen molar-refractivity contribution in [3.63, 3.8) is 0 Å². The lowest BCUT2D eigenvalue weighted by Crippen LogP contribution is -2.36. The molecule has 2 aromatic carbocycles. The molecule has 3 aromatic rings. The Morgan fingerprint density at radius 2 is 1.90 bits per heavy atom. The Kier molecular flexibility index (Phi) is 8.63. The predicted molar refractivity (Wildman–Crippen MR) is 121 cm³/mol. The maximum atomic E-state index is 13.5. The lowest BCUT2D eigenvalue weighted by Gasteiger charge is -2.16. The maximum absolute atomic E-state index is 13.5. The zero-order chi connectivity index (χ0) is 19.7. The molecular formula is C21H27Cl2FN4O. The quantitative estimate of drug-likeness (QED) is 0.595. The van der Waals surface area contributed by atoms with E-state index in [1.165, 1.54) is 12.1 Å². The Labute approximate surface area is 182 Å².